The molecule has 1 aliphatic carbocycles. The third-order valence-electron chi connectivity index (χ3n) is 6.16. The number of carbonyl (C=O) groups excluding carboxylic acids is 1. The van der Waals surface area contributed by atoms with Crippen LogP contribution in [0.25, 0.3) is 0 Å². The van der Waals surface area contributed by atoms with Gasteiger partial charge >= 0.3 is 0 Å². The fourth-order valence-corrected chi connectivity index (χ4v) is 4.21. The first-order valence-corrected chi connectivity index (χ1v) is 10.2. The zero-order chi connectivity index (χ0) is 21.1. The molecule has 152 valence electrons. The van der Waals surface area contributed by atoms with Crippen molar-refractivity contribution in [3.05, 3.63) is 65.2 Å². The Kier molecular flexibility index (Phi) is 5.74. The molecule has 5 heteroatoms. The number of ether oxygens (including phenoxy) is 1. The highest BCUT2D eigenvalue weighted by atomic mass is 16.5. The van der Waals surface area contributed by atoms with Crippen LogP contribution in [0.5, 0.6) is 5.75 Å². The first-order valence-electron chi connectivity index (χ1n) is 10.2. The molecule has 30 heavy (non-hydrogen) atoms. The van der Waals surface area contributed by atoms with E-state index in [1.165, 1.54) is 0 Å². The normalized spacial score (nSPS) is 22.7. The molecule has 0 unspecified atom stereocenters. The molecular formula is C25H24N2O3. The van der Waals surface area contributed by atoms with Gasteiger partial charge in [-0.1, -0.05) is 36.5 Å². The minimum Gasteiger partial charge on any atom is -0.497 e. The molecule has 4 rings (SSSR count). The lowest BCUT2D eigenvalue weighted by molar-refractivity contribution is -0.154. The molecule has 2 aliphatic rings. The van der Waals surface area contributed by atoms with Crippen LogP contribution >= 0.6 is 0 Å². The van der Waals surface area contributed by atoms with Crippen LogP contribution in [0, 0.1) is 29.1 Å². The van der Waals surface area contributed by atoms with E-state index in [2.05, 4.69) is 17.9 Å². The van der Waals surface area contributed by atoms with Crippen LogP contribution in [0.4, 0.5) is 0 Å². The highest BCUT2D eigenvalue weighted by Crippen LogP contribution is 2.43. The molecule has 1 N–H and O–H groups in total. The molecule has 0 radical (unpaired) electrons. The maximum atomic E-state index is 12.7. The molecule has 1 aliphatic heterocycles. The maximum absolute atomic E-state index is 12.7. The Hall–Kier alpha value is -3.28. The fraction of sp³-hybridized carbons (Fsp3) is 0.360. The van der Waals surface area contributed by atoms with Gasteiger partial charge in [0.1, 0.15) is 11.8 Å². The highest BCUT2D eigenvalue weighted by molar-refractivity contribution is 5.82. The lowest BCUT2D eigenvalue weighted by Crippen LogP contribution is -2.66. The first-order chi connectivity index (χ1) is 14.7. The number of aliphatic hydroxyl groups excluding tert-OH is 1. The summed E-state index contributed by atoms with van der Waals surface area (Å²) in [7, 11) is 1.63. The van der Waals surface area contributed by atoms with Crippen molar-refractivity contribution in [2.75, 3.05) is 13.7 Å². The van der Waals surface area contributed by atoms with Crippen LogP contribution in [0.15, 0.2) is 48.5 Å². The molecule has 2 aromatic carbocycles. The molecule has 3 atom stereocenters. The fourth-order valence-electron chi connectivity index (χ4n) is 4.21. The number of hydrogen-bond acceptors (Lipinski definition) is 4. The molecular weight excluding hydrogens is 376 g/mol. The minimum atomic E-state index is -0.524. The van der Waals surface area contributed by atoms with E-state index < -0.39 is 6.04 Å². The topological polar surface area (TPSA) is 73.6 Å². The van der Waals surface area contributed by atoms with Crippen molar-refractivity contribution in [2.45, 2.75) is 37.3 Å². The van der Waals surface area contributed by atoms with Gasteiger partial charge in [-0.15, -0.1) is 0 Å². The van der Waals surface area contributed by atoms with Crippen LogP contribution in [0.2, 0.25) is 0 Å². The molecule has 1 saturated heterocycles. The number of amides is 1. The van der Waals surface area contributed by atoms with Crippen molar-refractivity contribution in [1.82, 2.24) is 4.90 Å². The number of hydrogen-bond donors (Lipinski definition) is 1. The van der Waals surface area contributed by atoms with E-state index in [-0.39, 0.29) is 30.4 Å². The summed E-state index contributed by atoms with van der Waals surface area (Å²) in [6.07, 6.45) is 2.83. The number of nitriles is 1. The van der Waals surface area contributed by atoms with Crippen LogP contribution in [-0.2, 0) is 4.79 Å². The number of rotatable bonds is 4. The second kappa shape index (κ2) is 8.61. The second-order valence-corrected chi connectivity index (χ2v) is 7.83. The van der Waals surface area contributed by atoms with Crippen molar-refractivity contribution >= 4 is 5.91 Å². The Morgan fingerprint density at radius 3 is 2.50 bits per heavy atom. The maximum Gasteiger partial charge on any atom is 0.227 e. The predicted molar refractivity (Wildman–Crippen MR) is 113 cm³/mol. The van der Waals surface area contributed by atoms with Crippen molar-refractivity contribution in [3.8, 4) is 23.7 Å². The van der Waals surface area contributed by atoms with Crippen molar-refractivity contribution < 1.29 is 14.6 Å². The largest absolute Gasteiger partial charge is 0.497 e. The average molecular weight is 400 g/mol. The average Bonchev–Trinajstić information content (AvgIpc) is 2.72. The van der Waals surface area contributed by atoms with Gasteiger partial charge in [0.15, 0.2) is 0 Å². The van der Waals surface area contributed by atoms with Crippen LogP contribution in [0.3, 0.4) is 0 Å². The monoisotopic (exact) mass is 400 g/mol. The van der Waals surface area contributed by atoms with Crippen LogP contribution in [0.1, 0.15) is 41.9 Å². The van der Waals surface area contributed by atoms with Gasteiger partial charge in [-0.3, -0.25) is 4.79 Å². The Labute approximate surface area is 176 Å². The summed E-state index contributed by atoms with van der Waals surface area (Å²) in [5.41, 5.74) is 2.68. The van der Waals surface area contributed by atoms with Gasteiger partial charge in [0.05, 0.1) is 25.8 Å². The standard InChI is InChI=1S/C25H24N2O3/c1-30-21-7-2-4-18(14-21)9-8-17-10-12-19(13-11-17)24-22(15-26)27(23(24)16-28)25(29)20-5-3-6-20/h2,4,7,10-14,20,22-24,28H,3,5-6,16H2,1H3/t22-,23-,24+/m0/s1. The first kappa shape index (κ1) is 20.0. The number of likely N-dealkylation sites (tertiary alicyclic amines) is 1. The minimum absolute atomic E-state index is 0.0175. The number of nitrogens with zero attached hydrogens (tertiary/aromatic N) is 2. The molecule has 1 saturated carbocycles. The number of carbonyl (C=O) groups is 1. The third-order valence-corrected chi connectivity index (χ3v) is 6.16. The molecule has 2 aromatic rings. The van der Waals surface area contributed by atoms with Gasteiger partial charge in [0.2, 0.25) is 5.91 Å². The molecule has 0 bridgehead atoms. The van der Waals surface area contributed by atoms with E-state index in [0.717, 1.165) is 41.7 Å². The Morgan fingerprint density at radius 1 is 1.17 bits per heavy atom. The molecule has 0 spiro atoms. The zero-order valence-electron chi connectivity index (χ0n) is 16.9. The van der Waals surface area contributed by atoms with E-state index in [4.69, 9.17) is 4.74 Å². The van der Waals surface area contributed by atoms with E-state index in [1.54, 1.807) is 12.0 Å². The second-order valence-electron chi connectivity index (χ2n) is 7.83. The Morgan fingerprint density at radius 2 is 1.90 bits per heavy atom. The van der Waals surface area contributed by atoms with Gasteiger partial charge in [0, 0.05) is 23.0 Å². The summed E-state index contributed by atoms with van der Waals surface area (Å²) in [5, 5.41) is 19.6. The molecule has 2 fully saturated rings. The van der Waals surface area contributed by atoms with Gasteiger partial charge < -0.3 is 14.7 Å². The summed E-state index contributed by atoms with van der Waals surface area (Å²) in [4.78, 5) is 14.3. The van der Waals surface area contributed by atoms with Crippen LogP contribution in [-0.4, -0.2) is 41.7 Å². The van der Waals surface area contributed by atoms with Gasteiger partial charge in [-0.05, 0) is 48.7 Å². The lowest BCUT2D eigenvalue weighted by atomic mass is 9.73. The molecule has 0 aromatic heterocycles. The summed E-state index contributed by atoms with van der Waals surface area (Å²) in [6, 6.07) is 16.7. The lowest BCUT2D eigenvalue weighted by Gasteiger charge is -2.53. The van der Waals surface area contributed by atoms with E-state index in [0.29, 0.717) is 0 Å². The highest BCUT2D eigenvalue weighted by Gasteiger charge is 2.53. The van der Waals surface area contributed by atoms with Crippen molar-refractivity contribution in [3.63, 3.8) is 0 Å². The van der Waals surface area contributed by atoms with Crippen molar-refractivity contribution in [1.29, 1.82) is 5.26 Å². The van der Waals surface area contributed by atoms with Gasteiger partial charge in [0.25, 0.3) is 0 Å². The SMILES string of the molecule is COc1cccc(C#Cc2ccc([C@@H]3[C@H](C#N)N(C(=O)C4CCC4)[C@H]3CO)cc2)c1. The van der Waals surface area contributed by atoms with E-state index in [9.17, 15) is 15.2 Å². The summed E-state index contributed by atoms with van der Waals surface area (Å²) in [6.45, 7) is -0.140. The zero-order valence-corrected chi connectivity index (χ0v) is 16.9. The van der Waals surface area contributed by atoms with Crippen molar-refractivity contribution in [2.24, 2.45) is 5.92 Å². The molecule has 1 heterocycles. The van der Waals surface area contributed by atoms with E-state index in [1.807, 2.05) is 48.5 Å². The predicted octanol–water partition coefficient (Wildman–Crippen LogP) is 3.07. The van der Waals surface area contributed by atoms with E-state index >= 15 is 0 Å². The summed E-state index contributed by atoms with van der Waals surface area (Å²) >= 11 is 0. The molecule has 1 amide bonds. The Bertz CT molecular complexity index is 1020. The third kappa shape index (κ3) is 3.65. The Balaban J connectivity index is 1.50. The van der Waals surface area contributed by atoms with Crippen LogP contribution < -0.4 is 4.74 Å². The van der Waals surface area contributed by atoms with Gasteiger partial charge in [-0.2, -0.15) is 5.26 Å². The number of methoxy groups -OCH3 is 1. The quantitative estimate of drug-likeness (QED) is 0.801. The van der Waals surface area contributed by atoms with Gasteiger partial charge in [-0.25, -0.2) is 0 Å². The number of benzene rings is 2. The number of aliphatic hydroxyl groups is 1. The summed E-state index contributed by atoms with van der Waals surface area (Å²) in [5.74, 6) is 6.89. The molecule has 5 nitrogen and oxygen atoms in total. The smallest absolute Gasteiger partial charge is 0.227 e. The summed E-state index contributed by atoms with van der Waals surface area (Å²) < 4.78 is 5.22.